The van der Waals surface area contributed by atoms with E-state index in [9.17, 15) is 14.4 Å². The van der Waals surface area contributed by atoms with Gasteiger partial charge in [0.25, 0.3) is 0 Å². The maximum atomic E-state index is 12.8. The summed E-state index contributed by atoms with van der Waals surface area (Å²) in [7, 11) is 2.10. The molecule has 0 saturated carbocycles. The predicted molar refractivity (Wildman–Crippen MR) is 152 cm³/mol. The van der Waals surface area contributed by atoms with Gasteiger partial charge in [0.05, 0.1) is 0 Å². The van der Waals surface area contributed by atoms with Gasteiger partial charge in [0, 0.05) is 42.2 Å². The van der Waals surface area contributed by atoms with Gasteiger partial charge in [0.15, 0.2) is 0 Å². The van der Waals surface area contributed by atoms with Gasteiger partial charge >= 0.3 is 17.6 Å². The van der Waals surface area contributed by atoms with Crippen molar-refractivity contribution in [2.24, 2.45) is 0 Å². The summed E-state index contributed by atoms with van der Waals surface area (Å²) in [4.78, 5) is 39.2. The quantitative estimate of drug-likeness (QED) is 0.175. The molecule has 0 unspecified atom stereocenters. The Morgan fingerprint density at radius 3 is 2.46 bits per heavy atom. The summed E-state index contributed by atoms with van der Waals surface area (Å²) in [5.41, 5.74) is 2.87. The first-order valence-electron chi connectivity index (χ1n) is 13.0. The van der Waals surface area contributed by atoms with Gasteiger partial charge in [0.2, 0.25) is 0 Å². The van der Waals surface area contributed by atoms with Crippen molar-refractivity contribution in [2.75, 3.05) is 30.8 Å². The van der Waals surface area contributed by atoms with Crippen molar-refractivity contribution in [3.05, 3.63) is 69.6 Å². The van der Waals surface area contributed by atoms with Crippen LogP contribution in [0.5, 0.6) is 11.5 Å². The minimum absolute atomic E-state index is 0.0182. The van der Waals surface area contributed by atoms with E-state index in [0.717, 1.165) is 42.6 Å². The highest BCUT2D eigenvalue weighted by molar-refractivity contribution is 6.00. The molecule has 0 spiro atoms. The fourth-order valence-electron chi connectivity index (χ4n) is 4.47. The van der Waals surface area contributed by atoms with E-state index in [4.69, 9.17) is 13.9 Å². The highest BCUT2D eigenvalue weighted by Crippen LogP contribution is 2.30. The first-order chi connectivity index (χ1) is 18.6. The van der Waals surface area contributed by atoms with Gasteiger partial charge in [-0.2, -0.15) is 0 Å². The van der Waals surface area contributed by atoms with Crippen LogP contribution in [0, 0.1) is 6.92 Å². The summed E-state index contributed by atoms with van der Waals surface area (Å²) in [6, 6.07) is 9.67. The number of nitrogens with one attached hydrogen (secondary N) is 2. The lowest BCUT2D eigenvalue weighted by atomic mass is 10.1. The second kappa shape index (κ2) is 12.2. The Labute approximate surface area is 227 Å². The Bertz CT molecular complexity index is 1460. The van der Waals surface area contributed by atoms with Crippen molar-refractivity contribution < 1.29 is 23.5 Å². The molecule has 0 aliphatic carbocycles. The van der Waals surface area contributed by atoms with E-state index < -0.39 is 17.6 Å². The average Bonchev–Trinajstić information content (AvgIpc) is 2.87. The zero-order valence-corrected chi connectivity index (χ0v) is 23.1. The van der Waals surface area contributed by atoms with Crippen LogP contribution in [0.25, 0.3) is 11.0 Å². The van der Waals surface area contributed by atoms with Crippen molar-refractivity contribution in [2.45, 2.75) is 53.1 Å². The minimum Gasteiger partial charge on any atom is -0.490 e. The number of nitrogens with zero attached hydrogens (tertiary/aromatic N) is 1. The number of piperidine rings is 1. The number of ether oxygens (including phenoxy) is 2. The van der Waals surface area contributed by atoms with Gasteiger partial charge < -0.3 is 29.4 Å². The van der Waals surface area contributed by atoms with Gasteiger partial charge in [-0.3, -0.25) is 4.79 Å². The number of fused-ring (bicyclic) bond motifs is 1. The number of anilines is 2. The Balaban J connectivity index is 1.49. The number of carbonyl (C=O) groups is 2. The summed E-state index contributed by atoms with van der Waals surface area (Å²) in [6.45, 7) is 9.11. The number of amides is 2. The van der Waals surface area contributed by atoms with Crippen molar-refractivity contribution in [3.63, 3.8) is 0 Å². The van der Waals surface area contributed by atoms with E-state index in [1.54, 1.807) is 24.3 Å². The van der Waals surface area contributed by atoms with Crippen molar-refractivity contribution in [1.29, 1.82) is 0 Å². The van der Waals surface area contributed by atoms with Crippen LogP contribution < -0.4 is 25.7 Å². The molecule has 1 saturated heterocycles. The first-order valence-corrected chi connectivity index (χ1v) is 13.0. The van der Waals surface area contributed by atoms with Crippen LogP contribution in [0.4, 0.5) is 16.2 Å². The number of hydrogen-bond acceptors (Lipinski definition) is 7. The second-order valence-electron chi connectivity index (χ2n) is 10.2. The number of urea groups is 1. The maximum Gasteiger partial charge on any atom is 0.360 e. The second-order valence-corrected chi connectivity index (χ2v) is 10.2. The predicted octanol–water partition coefficient (Wildman–Crippen LogP) is 5.65. The standard InChI is InChI=1S/C30H35N3O6/c1-18(2)6-7-21-16-23(9-11-27(21)37-20(4)34)31-30(36)32-25-17-22-8-10-26(19(3)28(22)39-29(25)35)38-24-12-14-33(5)15-13-24/h6,8-11,16-17,24H,7,12-15H2,1-5H3,(H2,31,32,36). The number of aryl methyl sites for hydroxylation is 1. The van der Waals surface area contributed by atoms with E-state index in [1.165, 1.54) is 6.92 Å². The Kier molecular flexibility index (Phi) is 8.71. The van der Waals surface area contributed by atoms with Crippen molar-refractivity contribution in [3.8, 4) is 11.5 Å². The first kappa shape index (κ1) is 27.9. The maximum absolute atomic E-state index is 12.8. The fourth-order valence-corrected chi connectivity index (χ4v) is 4.47. The number of benzene rings is 2. The van der Waals surface area contributed by atoms with Crippen LogP contribution in [-0.4, -0.2) is 43.1 Å². The van der Waals surface area contributed by atoms with Crippen LogP contribution in [0.15, 0.2) is 57.3 Å². The smallest absolute Gasteiger partial charge is 0.360 e. The number of carbonyl (C=O) groups excluding carboxylic acids is 2. The molecule has 3 aromatic rings. The Morgan fingerprint density at radius 2 is 1.77 bits per heavy atom. The van der Waals surface area contributed by atoms with E-state index in [-0.39, 0.29) is 11.8 Å². The van der Waals surface area contributed by atoms with Crippen LogP contribution in [0.1, 0.15) is 44.7 Å². The minimum atomic E-state index is -0.661. The molecule has 0 atom stereocenters. The summed E-state index contributed by atoms with van der Waals surface area (Å²) < 4.78 is 17.1. The molecule has 0 bridgehead atoms. The van der Waals surface area contributed by atoms with E-state index >= 15 is 0 Å². The number of allylic oxidation sites excluding steroid dienone is 2. The molecule has 206 valence electrons. The van der Waals surface area contributed by atoms with E-state index in [1.807, 2.05) is 39.0 Å². The largest absolute Gasteiger partial charge is 0.490 e. The third kappa shape index (κ3) is 7.26. The van der Waals surface area contributed by atoms with E-state index in [0.29, 0.717) is 34.6 Å². The summed E-state index contributed by atoms with van der Waals surface area (Å²) in [5.74, 6) is 0.695. The molecule has 9 nitrogen and oxygen atoms in total. The van der Waals surface area contributed by atoms with Gasteiger partial charge in [0.1, 0.15) is 28.9 Å². The fraction of sp³-hybridized carbons (Fsp3) is 0.367. The van der Waals surface area contributed by atoms with Gasteiger partial charge in [-0.25, -0.2) is 9.59 Å². The molecule has 2 N–H and O–H groups in total. The molecular formula is C30H35N3O6. The number of hydrogen-bond donors (Lipinski definition) is 2. The lowest BCUT2D eigenvalue weighted by molar-refractivity contribution is -0.131. The molecule has 1 aliphatic heterocycles. The lowest BCUT2D eigenvalue weighted by Crippen LogP contribution is -2.35. The van der Waals surface area contributed by atoms with Gasteiger partial charge in [-0.05, 0) is 83.5 Å². The topological polar surface area (TPSA) is 110 Å². The highest BCUT2D eigenvalue weighted by atomic mass is 16.5. The van der Waals surface area contributed by atoms with Crippen LogP contribution >= 0.6 is 0 Å². The lowest BCUT2D eigenvalue weighted by Gasteiger charge is -2.29. The van der Waals surface area contributed by atoms with Crippen molar-refractivity contribution in [1.82, 2.24) is 4.90 Å². The molecule has 2 aromatic carbocycles. The SMILES string of the molecule is CC(=O)Oc1ccc(NC(=O)Nc2cc3ccc(OC4CCN(C)CC4)c(C)c3oc2=O)cc1CC=C(C)C. The monoisotopic (exact) mass is 533 g/mol. The molecule has 4 rings (SSSR count). The molecule has 2 heterocycles. The zero-order valence-electron chi connectivity index (χ0n) is 23.1. The van der Waals surface area contributed by atoms with Gasteiger partial charge in [-0.1, -0.05) is 11.6 Å². The molecule has 1 fully saturated rings. The Morgan fingerprint density at radius 1 is 1.05 bits per heavy atom. The Hall–Kier alpha value is -4.11. The third-order valence-electron chi connectivity index (χ3n) is 6.61. The normalized spacial score (nSPS) is 14.1. The molecule has 2 amide bonds. The third-order valence-corrected chi connectivity index (χ3v) is 6.61. The van der Waals surface area contributed by atoms with E-state index in [2.05, 4.69) is 22.6 Å². The molecule has 0 radical (unpaired) electrons. The molecule has 39 heavy (non-hydrogen) atoms. The summed E-state index contributed by atoms with van der Waals surface area (Å²) in [5, 5.41) is 5.98. The molecule has 1 aromatic heterocycles. The number of esters is 1. The molecule has 9 heteroatoms. The molecular weight excluding hydrogens is 498 g/mol. The summed E-state index contributed by atoms with van der Waals surface area (Å²) in [6.07, 6.45) is 4.54. The van der Waals surface area contributed by atoms with Crippen LogP contribution in [-0.2, 0) is 11.2 Å². The summed E-state index contributed by atoms with van der Waals surface area (Å²) >= 11 is 0. The number of likely N-dealkylation sites (tertiary alicyclic amines) is 1. The number of rotatable bonds is 7. The zero-order chi connectivity index (χ0) is 28.1. The van der Waals surface area contributed by atoms with Crippen LogP contribution in [0.3, 0.4) is 0 Å². The highest BCUT2D eigenvalue weighted by Gasteiger charge is 2.20. The average molecular weight is 534 g/mol. The van der Waals surface area contributed by atoms with Crippen LogP contribution in [0.2, 0.25) is 0 Å². The van der Waals surface area contributed by atoms with Crippen molar-refractivity contribution >= 4 is 34.3 Å². The van der Waals surface area contributed by atoms with Gasteiger partial charge in [-0.15, -0.1) is 0 Å². The molecule has 1 aliphatic rings.